The van der Waals surface area contributed by atoms with Crippen LogP contribution in [0.4, 0.5) is 0 Å². The Morgan fingerprint density at radius 3 is 1.26 bits per heavy atom. The molecule has 12 heteroatoms. The van der Waals surface area contributed by atoms with Gasteiger partial charge in [-0.05, 0) is 0 Å². The van der Waals surface area contributed by atoms with Crippen LogP contribution in [0.5, 0.6) is 0 Å². The maximum atomic E-state index is 11.3. The van der Waals surface area contributed by atoms with Gasteiger partial charge in [0.15, 0.2) is 0 Å². The van der Waals surface area contributed by atoms with Crippen molar-refractivity contribution in [2.24, 2.45) is 0 Å². The fourth-order valence-electron chi connectivity index (χ4n) is 1.84. The van der Waals surface area contributed by atoms with Crippen molar-refractivity contribution in [2.75, 3.05) is 79.3 Å². The Balaban J connectivity index is 3.18. The summed E-state index contributed by atoms with van der Waals surface area (Å²) >= 11 is 0. The molecule has 0 aliphatic heterocycles. The molecule has 0 aliphatic rings. The minimum absolute atomic E-state index is 0.0143. The molecule has 1 N–H and O–H groups in total. The molecule has 0 bridgehead atoms. The highest BCUT2D eigenvalue weighted by atomic mass is 16.6. The number of aliphatic carboxylic acids is 1. The average Bonchev–Trinajstić information content (AvgIpc) is 2.73. The molecule has 0 aromatic carbocycles. The Bertz CT molecular complexity index is 508. The van der Waals surface area contributed by atoms with E-state index in [4.69, 9.17) is 38.3 Å². The maximum absolute atomic E-state index is 11.3. The van der Waals surface area contributed by atoms with E-state index in [0.29, 0.717) is 59.5 Å². The van der Waals surface area contributed by atoms with Gasteiger partial charge in [-0.25, -0.2) is 4.79 Å². The molecule has 0 atom stereocenters. The zero-order valence-electron chi connectivity index (χ0n) is 17.8. The Labute approximate surface area is 181 Å². The van der Waals surface area contributed by atoms with Gasteiger partial charge in [-0.2, -0.15) is 0 Å². The Morgan fingerprint density at radius 1 is 0.548 bits per heavy atom. The molecule has 0 fully saturated rings. The molecule has 0 spiro atoms. The lowest BCUT2D eigenvalue weighted by atomic mass is 10.2. The Morgan fingerprint density at radius 2 is 0.903 bits per heavy atom. The molecule has 12 nitrogen and oxygen atoms in total. The van der Waals surface area contributed by atoms with Gasteiger partial charge in [0.05, 0.1) is 72.5 Å². The number of carbonyl (C=O) groups excluding carboxylic acids is 3. The summed E-state index contributed by atoms with van der Waals surface area (Å²) < 4.78 is 35.8. The molecule has 180 valence electrons. The first-order chi connectivity index (χ1) is 14.9. The van der Waals surface area contributed by atoms with Gasteiger partial charge in [-0.1, -0.05) is 0 Å². The molecule has 31 heavy (non-hydrogen) atoms. The number of carbonyl (C=O) groups is 4. The van der Waals surface area contributed by atoms with Crippen LogP contribution in [0.25, 0.3) is 0 Å². The van der Waals surface area contributed by atoms with E-state index >= 15 is 0 Å². The minimum atomic E-state index is -1.56. The first-order valence-corrected chi connectivity index (χ1v) is 9.87. The van der Waals surface area contributed by atoms with Gasteiger partial charge >= 0.3 is 17.9 Å². The van der Waals surface area contributed by atoms with E-state index in [1.807, 2.05) is 0 Å². The number of carboxylic acids is 1. The van der Waals surface area contributed by atoms with Gasteiger partial charge in [0.1, 0.15) is 13.2 Å². The van der Waals surface area contributed by atoms with Crippen LogP contribution >= 0.6 is 0 Å². The predicted octanol–water partition coefficient (Wildman–Crippen LogP) is -0.390. The topological polar surface area (TPSA) is 153 Å². The maximum Gasteiger partial charge on any atom is 0.372 e. The monoisotopic (exact) mass is 452 g/mol. The molecule has 0 aromatic heterocycles. The third kappa shape index (κ3) is 22.4. The summed E-state index contributed by atoms with van der Waals surface area (Å²) in [6.07, 6.45) is -0.658. The summed E-state index contributed by atoms with van der Waals surface area (Å²) in [5.74, 6) is -3.58. The molecule has 0 rings (SSSR count). The second-order valence-corrected chi connectivity index (χ2v) is 5.85. The predicted molar refractivity (Wildman–Crippen MR) is 104 cm³/mol. The number of Topliss-reactive ketones (excluding diaryl/α,β-unsaturated/α-hetero) is 1. The second kappa shape index (κ2) is 21.1. The van der Waals surface area contributed by atoms with Crippen molar-refractivity contribution in [3.05, 3.63) is 0 Å². The quantitative estimate of drug-likeness (QED) is 0.129. The second-order valence-electron chi connectivity index (χ2n) is 5.85. The van der Waals surface area contributed by atoms with Gasteiger partial charge in [0.2, 0.25) is 5.78 Å². The van der Waals surface area contributed by atoms with E-state index in [2.05, 4.69) is 0 Å². The van der Waals surface area contributed by atoms with Crippen LogP contribution < -0.4 is 0 Å². The molecule has 0 saturated heterocycles. The summed E-state index contributed by atoms with van der Waals surface area (Å²) in [4.78, 5) is 42.9. The zero-order chi connectivity index (χ0) is 23.2. The van der Waals surface area contributed by atoms with E-state index in [9.17, 15) is 19.2 Å². The number of rotatable bonds is 22. The minimum Gasteiger partial charge on any atom is -0.476 e. The van der Waals surface area contributed by atoms with E-state index in [1.54, 1.807) is 0 Å². The van der Waals surface area contributed by atoms with Crippen LogP contribution in [0, 0.1) is 0 Å². The van der Waals surface area contributed by atoms with Crippen LogP contribution in [0.3, 0.4) is 0 Å². The van der Waals surface area contributed by atoms with Crippen LogP contribution in [-0.4, -0.2) is 108 Å². The summed E-state index contributed by atoms with van der Waals surface area (Å²) in [6.45, 7) is 5.26. The molecular weight excluding hydrogens is 420 g/mol. The Kier molecular flexibility index (Phi) is 19.7. The third-order valence-corrected chi connectivity index (χ3v) is 3.31. The number of ether oxygens (including phenoxy) is 7. The number of hydrogen-bond acceptors (Lipinski definition) is 11. The van der Waals surface area contributed by atoms with Crippen molar-refractivity contribution in [2.45, 2.75) is 19.8 Å². The lowest BCUT2D eigenvalue weighted by Crippen LogP contribution is -2.17. The fourth-order valence-corrected chi connectivity index (χ4v) is 1.84. The van der Waals surface area contributed by atoms with Crippen molar-refractivity contribution in [1.29, 1.82) is 0 Å². The summed E-state index contributed by atoms with van der Waals surface area (Å²) in [6, 6.07) is 0. The molecule has 0 radical (unpaired) electrons. The fraction of sp³-hybridized carbons (Fsp3) is 0.789. The lowest BCUT2D eigenvalue weighted by molar-refractivity contribution is -0.151. The molecule has 0 saturated carbocycles. The SMILES string of the molecule is CC(=O)OCCOCCOCCOCCOCCOCCOC(=O)CCC(=O)C(=O)O. The van der Waals surface area contributed by atoms with Crippen molar-refractivity contribution in [1.82, 2.24) is 0 Å². The van der Waals surface area contributed by atoms with E-state index in [0.717, 1.165) is 0 Å². The molecule has 0 aliphatic carbocycles. The van der Waals surface area contributed by atoms with E-state index in [-0.39, 0.29) is 38.6 Å². The summed E-state index contributed by atoms with van der Waals surface area (Å²) in [5, 5.41) is 8.38. The van der Waals surface area contributed by atoms with Gasteiger partial charge < -0.3 is 38.3 Å². The van der Waals surface area contributed by atoms with E-state index in [1.165, 1.54) is 6.92 Å². The van der Waals surface area contributed by atoms with Gasteiger partial charge in [-0.3, -0.25) is 14.4 Å². The molecular formula is C19H32O12. The van der Waals surface area contributed by atoms with Crippen LogP contribution in [0.1, 0.15) is 19.8 Å². The van der Waals surface area contributed by atoms with E-state index < -0.39 is 17.7 Å². The third-order valence-electron chi connectivity index (χ3n) is 3.31. The standard InChI is InChI=1S/C19H32O12/c1-16(20)30-14-12-28-10-8-26-6-4-25-5-7-27-9-11-29-13-15-31-18(22)3-2-17(21)19(23)24/h2-15H2,1H3,(H,23,24). The number of esters is 2. The molecule has 0 heterocycles. The lowest BCUT2D eigenvalue weighted by Gasteiger charge is -2.08. The van der Waals surface area contributed by atoms with Crippen LogP contribution in [0.2, 0.25) is 0 Å². The van der Waals surface area contributed by atoms with Gasteiger partial charge in [0, 0.05) is 13.3 Å². The van der Waals surface area contributed by atoms with Gasteiger partial charge in [-0.15, -0.1) is 0 Å². The normalized spacial score (nSPS) is 10.6. The summed E-state index contributed by atoms with van der Waals surface area (Å²) in [5.41, 5.74) is 0. The van der Waals surface area contributed by atoms with Crippen molar-refractivity contribution in [3.8, 4) is 0 Å². The van der Waals surface area contributed by atoms with Crippen molar-refractivity contribution in [3.63, 3.8) is 0 Å². The average molecular weight is 452 g/mol. The Hall–Kier alpha value is -2.12. The highest BCUT2D eigenvalue weighted by Gasteiger charge is 2.14. The summed E-state index contributed by atoms with van der Waals surface area (Å²) in [7, 11) is 0. The van der Waals surface area contributed by atoms with Crippen molar-refractivity contribution < 1.29 is 57.4 Å². The highest BCUT2D eigenvalue weighted by molar-refractivity contribution is 6.32. The van der Waals surface area contributed by atoms with Gasteiger partial charge in [0.25, 0.3) is 0 Å². The first kappa shape index (κ1) is 28.9. The van der Waals surface area contributed by atoms with Crippen LogP contribution in [0.15, 0.2) is 0 Å². The molecule has 0 unspecified atom stereocenters. The molecule has 0 aromatic rings. The van der Waals surface area contributed by atoms with Crippen molar-refractivity contribution >= 4 is 23.7 Å². The number of ketones is 1. The number of hydrogen-bond donors (Lipinski definition) is 1. The largest absolute Gasteiger partial charge is 0.476 e. The van der Waals surface area contributed by atoms with Crippen LogP contribution in [-0.2, 0) is 52.3 Å². The first-order valence-electron chi connectivity index (χ1n) is 9.87. The molecule has 0 amide bonds. The number of carboxylic acid groups (broad SMARTS) is 1. The highest BCUT2D eigenvalue weighted by Crippen LogP contribution is 1.95. The smallest absolute Gasteiger partial charge is 0.372 e. The zero-order valence-corrected chi connectivity index (χ0v) is 17.8.